The molecule has 0 aliphatic heterocycles. The Kier molecular flexibility index (Phi) is 5.06. The van der Waals surface area contributed by atoms with Gasteiger partial charge in [-0.05, 0) is 82.4 Å². The van der Waals surface area contributed by atoms with Crippen molar-refractivity contribution in [1.29, 1.82) is 0 Å². The average Bonchev–Trinajstić information content (AvgIpc) is 2.77. The van der Waals surface area contributed by atoms with Crippen LogP contribution in [0.15, 0.2) is 54.9 Å². The predicted molar refractivity (Wildman–Crippen MR) is 136 cm³/mol. The van der Waals surface area contributed by atoms with Crippen LogP contribution in [0.5, 0.6) is 0 Å². The lowest BCUT2D eigenvalue weighted by molar-refractivity contribution is 0.296. The molecule has 2 aromatic carbocycles. The number of hydrogen-bond donors (Lipinski definition) is 1. The summed E-state index contributed by atoms with van der Waals surface area (Å²) in [6, 6.07) is 14.5. The highest BCUT2D eigenvalue weighted by atomic mass is 32.1. The molecular formula is C25H24N6S. The van der Waals surface area contributed by atoms with Crippen LogP contribution in [-0.4, -0.2) is 42.0 Å². The maximum Gasteiger partial charge on any atom is 0.173 e. The van der Waals surface area contributed by atoms with E-state index in [0.29, 0.717) is 17.2 Å². The van der Waals surface area contributed by atoms with Crippen LogP contribution in [0.1, 0.15) is 27.7 Å². The van der Waals surface area contributed by atoms with Crippen LogP contribution >= 0.6 is 12.2 Å². The van der Waals surface area contributed by atoms with Crippen molar-refractivity contribution < 1.29 is 0 Å². The van der Waals surface area contributed by atoms with Crippen molar-refractivity contribution in [3.05, 3.63) is 54.9 Å². The minimum absolute atomic E-state index is 0.306. The van der Waals surface area contributed by atoms with Gasteiger partial charge >= 0.3 is 0 Å². The Labute approximate surface area is 191 Å². The summed E-state index contributed by atoms with van der Waals surface area (Å²) in [5, 5.41) is 5.98. The number of pyridine rings is 2. The number of benzene rings is 2. The van der Waals surface area contributed by atoms with Crippen LogP contribution in [0, 0.1) is 0 Å². The summed E-state index contributed by atoms with van der Waals surface area (Å²) in [5.41, 5.74) is 5.87. The topological polar surface area (TPSA) is 66.8 Å². The number of hydrogen-bond acceptors (Lipinski definition) is 5. The van der Waals surface area contributed by atoms with Crippen molar-refractivity contribution in [2.45, 2.75) is 39.8 Å². The maximum atomic E-state index is 5.69. The molecule has 3 heterocycles. The molecule has 6 nitrogen and oxygen atoms in total. The summed E-state index contributed by atoms with van der Waals surface area (Å²) >= 11 is 5.69. The van der Waals surface area contributed by atoms with Crippen molar-refractivity contribution >= 4 is 66.9 Å². The second kappa shape index (κ2) is 7.91. The van der Waals surface area contributed by atoms with Gasteiger partial charge in [-0.25, -0.2) is 9.97 Å². The number of thiocarbonyl (C=S) groups is 1. The second-order valence-corrected chi connectivity index (χ2v) is 8.84. The van der Waals surface area contributed by atoms with Crippen LogP contribution in [0.3, 0.4) is 0 Å². The first kappa shape index (κ1) is 20.5. The van der Waals surface area contributed by atoms with Gasteiger partial charge in [-0.2, -0.15) is 0 Å². The number of anilines is 1. The van der Waals surface area contributed by atoms with E-state index in [4.69, 9.17) is 22.2 Å². The molecule has 0 bridgehead atoms. The minimum atomic E-state index is 0.306. The zero-order valence-electron chi connectivity index (χ0n) is 18.5. The summed E-state index contributed by atoms with van der Waals surface area (Å²) in [6.07, 6.45) is 3.57. The molecule has 5 aromatic rings. The van der Waals surface area contributed by atoms with Gasteiger partial charge in [0.2, 0.25) is 0 Å². The van der Waals surface area contributed by atoms with Crippen molar-refractivity contribution in [1.82, 2.24) is 24.8 Å². The quantitative estimate of drug-likeness (QED) is 0.219. The van der Waals surface area contributed by atoms with Crippen molar-refractivity contribution in [3.63, 3.8) is 0 Å². The normalized spacial score (nSPS) is 11.8. The SMILES string of the molecule is CC(C)N(C(=S)Nc1ccc2nc3c4cccnc4c4ncccc4c3nc2c1)C(C)C. The number of rotatable bonds is 3. The molecule has 0 saturated heterocycles. The van der Waals surface area contributed by atoms with Crippen molar-refractivity contribution in [2.24, 2.45) is 0 Å². The molecule has 0 fully saturated rings. The number of aromatic nitrogens is 4. The first-order chi connectivity index (χ1) is 15.4. The van der Waals surface area contributed by atoms with E-state index in [0.717, 1.165) is 49.6 Å². The molecule has 0 spiro atoms. The van der Waals surface area contributed by atoms with Crippen LogP contribution in [-0.2, 0) is 0 Å². The van der Waals surface area contributed by atoms with Gasteiger partial charge in [0.1, 0.15) is 0 Å². The van der Waals surface area contributed by atoms with Gasteiger partial charge in [0.15, 0.2) is 5.11 Å². The summed E-state index contributed by atoms with van der Waals surface area (Å²) in [4.78, 5) is 21.3. The predicted octanol–water partition coefficient (Wildman–Crippen LogP) is 5.70. The summed E-state index contributed by atoms with van der Waals surface area (Å²) in [6.45, 7) is 8.57. The zero-order chi connectivity index (χ0) is 22.4. The lowest BCUT2D eigenvalue weighted by Gasteiger charge is -2.33. The van der Waals surface area contributed by atoms with E-state index in [1.54, 1.807) is 12.4 Å². The Morgan fingerprint density at radius 3 is 1.91 bits per heavy atom. The molecule has 0 radical (unpaired) electrons. The third-order valence-electron chi connectivity index (χ3n) is 5.61. The average molecular weight is 441 g/mol. The molecule has 32 heavy (non-hydrogen) atoms. The molecule has 0 amide bonds. The fourth-order valence-corrected chi connectivity index (χ4v) is 4.87. The highest BCUT2D eigenvalue weighted by Crippen LogP contribution is 2.32. The number of nitrogens with one attached hydrogen (secondary N) is 1. The number of nitrogens with zero attached hydrogens (tertiary/aromatic N) is 5. The monoisotopic (exact) mass is 440 g/mol. The van der Waals surface area contributed by atoms with Gasteiger partial charge in [-0.15, -0.1) is 0 Å². The van der Waals surface area contributed by atoms with E-state index in [1.807, 2.05) is 42.5 Å². The molecule has 0 saturated carbocycles. The highest BCUT2D eigenvalue weighted by Gasteiger charge is 2.18. The number of fused-ring (bicyclic) bond motifs is 7. The molecule has 0 unspecified atom stereocenters. The van der Waals surface area contributed by atoms with E-state index in [2.05, 4.69) is 47.9 Å². The molecule has 0 aliphatic carbocycles. The fourth-order valence-electron chi connectivity index (χ4n) is 4.33. The van der Waals surface area contributed by atoms with E-state index in [-0.39, 0.29) is 0 Å². The third-order valence-corrected chi connectivity index (χ3v) is 5.93. The van der Waals surface area contributed by atoms with Gasteiger partial charge < -0.3 is 10.2 Å². The Balaban J connectivity index is 1.68. The largest absolute Gasteiger partial charge is 0.344 e. The van der Waals surface area contributed by atoms with Crippen molar-refractivity contribution in [2.75, 3.05) is 5.32 Å². The van der Waals surface area contributed by atoms with Gasteiger partial charge in [0.05, 0.1) is 33.1 Å². The van der Waals surface area contributed by atoms with E-state index in [9.17, 15) is 0 Å². The minimum Gasteiger partial charge on any atom is -0.344 e. The summed E-state index contributed by atoms with van der Waals surface area (Å²) < 4.78 is 0. The standard InChI is InChI=1S/C25H24N6S/c1-14(2)31(15(3)4)25(32)28-16-9-10-19-20(13-16)30-24-18-8-6-12-27-22(18)21-17(23(24)29-19)7-5-11-26-21/h5-15H,1-4H3,(H,28,32). The van der Waals surface area contributed by atoms with E-state index in [1.165, 1.54) is 0 Å². The Hall–Kier alpha value is -3.45. The highest BCUT2D eigenvalue weighted by molar-refractivity contribution is 7.80. The fraction of sp³-hybridized carbons (Fsp3) is 0.240. The lowest BCUT2D eigenvalue weighted by atomic mass is 10.1. The lowest BCUT2D eigenvalue weighted by Crippen LogP contribution is -2.44. The molecule has 160 valence electrons. The Bertz CT molecular complexity index is 1490. The summed E-state index contributed by atoms with van der Waals surface area (Å²) in [7, 11) is 0. The molecule has 0 atom stereocenters. The third kappa shape index (κ3) is 3.39. The molecule has 3 aromatic heterocycles. The van der Waals surface area contributed by atoms with Crippen LogP contribution in [0.4, 0.5) is 5.69 Å². The smallest absolute Gasteiger partial charge is 0.173 e. The Morgan fingerprint density at radius 1 is 0.781 bits per heavy atom. The molecular weight excluding hydrogens is 416 g/mol. The van der Waals surface area contributed by atoms with Gasteiger partial charge in [-0.3, -0.25) is 9.97 Å². The van der Waals surface area contributed by atoms with Gasteiger partial charge in [-0.1, -0.05) is 0 Å². The maximum absolute atomic E-state index is 5.69. The molecule has 7 heteroatoms. The molecule has 1 N–H and O–H groups in total. The van der Waals surface area contributed by atoms with Crippen LogP contribution < -0.4 is 5.32 Å². The molecule has 5 rings (SSSR count). The van der Waals surface area contributed by atoms with Gasteiger partial charge in [0, 0.05) is 40.9 Å². The van der Waals surface area contributed by atoms with Crippen LogP contribution in [0.2, 0.25) is 0 Å². The summed E-state index contributed by atoms with van der Waals surface area (Å²) in [5.74, 6) is 0. The molecule has 0 aliphatic rings. The zero-order valence-corrected chi connectivity index (χ0v) is 19.3. The first-order valence-electron chi connectivity index (χ1n) is 10.8. The first-order valence-corrected chi connectivity index (χ1v) is 11.2. The van der Waals surface area contributed by atoms with E-state index >= 15 is 0 Å². The van der Waals surface area contributed by atoms with Crippen LogP contribution in [0.25, 0.3) is 43.9 Å². The second-order valence-electron chi connectivity index (χ2n) is 8.45. The van der Waals surface area contributed by atoms with Gasteiger partial charge in [0.25, 0.3) is 0 Å². The van der Waals surface area contributed by atoms with Crippen molar-refractivity contribution in [3.8, 4) is 0 Å². The Morgan fingerprint density at radius 2 is 1.34 bits per heavy atom. The van der Waals surface area contributed by atoms with E-state index < -0.39 is 0 Å².